The van der Waals surface area contributed by atoms with E-state index in [2.05, 4.69) is 0 Å². The molecule has 0 saturated carbocycles. The van der Waals surface area contributed by atoms with Gasteiger partial charge >= 0.3 is 11.9 Å². The monoisotopic (exact) mass is 270 g/mol. The molecule has 2 aromatic rings. The number of rotatable bonds is 2. The summed E-state index contributed by atoms with van der Waals surface area (Å²) in [4.78, 5) is 22.7. The highest BCUT2D eigenvalue weighted by atomic mass is 16.6. The van der Waals surface area contributed by atoms with Crippen LogP contribution in [-0.2, 0) is 19.1 Å². The smallest absolute Gasteiger partial charge is 0.303 e. The minimum absolute atomic E-state index is 0.392. The summed E-state index contributed by atoms with van der Waals surface area (Å²) in [6.45, 7) is 2.71. The van der Waals surface area contributed by atoms with E-state index < -0.39 is 24.1 Å². The predicted octanol–water partition coefficient (Wildman–Crippen LogP) is 3.06. The average Bonchev–Trinajstić information content (AvgIpc) is 2.67. The molecule has 0 unspecified atom stereocenters. The second kappa shape index (κ2) is 4.63. The van der Waals surface area contributed by atoms with Gasteiger partial charge in [-0.25, -0.2) is 0 Å². The average molecular weight is 270 g/mol. The van der Waals surface area contributed by atoms with Crippen molar-refractivity contribution in [2.45, 2.75) is 26.1 Å². The Kier molecular flexibility index (Phi) is 2.93. The molecule has 0 saturated heterocycles. The fraction of sp³-hybridized carbons (Fsp3) is 0.250. The van der Waals surface area contributed by atoms with E-state index in [0.717, 1.165) is 21.9 Å². The lowest BCUT2D eigenvalue weighted by atomic mass is 10.1. The van der Waals surface area contributed by atoms with Crippen molar-refractivity contribution in [2.24, 2.45) is 0 Å². The first-order valence-corrected chi connectivity index (χ1v) is 6.44. The van der Waals surface area contributed by atoms with Gasteiger partial charge in [-0.3, -0.25) is 9.59 Å². The molecule has 0 N–H and O–H groups in total. The summed E-state index contributed by atoms with van der Waals surface area (Å²) in [5, 5.41) is 2.05. The summed E-state index contributed by atoms with van der Waals surface area (Å²) < 4.78 is 10.8. The van der Waals surface area contributed by atoms with E-state index in [9.17, 15) is 9.59 Å². The Hall–Kier alpha value is -2.36. The highest BCUT2D eigenvalue weighted by molar-refractivity contribution is 5.92. The molecular formula is C16H14O4. The van der Waals surface area contributed by atoms with Crippen LogP contribution in [0.2, 0.25) is 0 Å². The normalized spacial score (nSPS) is 19.9. The summed E-state index contributed by atoms with van der Waals surface area (Å²) in [6.07, 6.45) is -1.14. The van der Waals surface area contributed by atoms with Crippen LogP contribution in [0.5, 0.6) is 0 Å². The number of esters is 2. The van der Waals surface area contributed by atoms with Crippen molar-refractivity contribution in [2.75, 3.05) is 0 Å². The summed E-state index contributed by atoms with van der Waals surface area (Å²) in [5.41, 5.74) is 1.78. The van der Waals surface area contributed by atoms with Crippen LogP contribution in [0.15, 0.2) is 36.4 Å². The van der Waals surface area contributed by atoms with Gasteiger partial charge in [-0.1, -0.05) is 36.4 Å². The van der Waals surface area contributed by atoms with E-state index in [1.807, 2.05) is 36.4 Å². The first-order chi connectivity index (χ1) is 9.58. The number of carbonyl (C=O) groups excluding carboxylic acids is 2. The number of hydrogen-bond acceptors (Lipinski definition) is 4. The van der Waals surface area contributed by atoms with E-state index in [-0.39, 0.29) is 0 Å². The maximum atomic E-state index is 11.3. The number of ether oxygens (including phenoxy) is 2. The van der Waals surface area contributed by atoms with Crippen molar-refractivity contribution in [3.8, 4) is 0 Å². The molecule has 2 aromatic carbocycles. The Bertz CT molecular complexity index is 648. The van der Waals surface area contributed by atoms with Crippen molar-refractivity contribution in [3.63, 3.8) is 0 Å². The SMILES string of the molecule is CC(=O)O[C@@H]1c2cccc3cccc(c23)[C@H]1OC(C)=O. The van der Waals surface area contributed by atoms with Crippen molar-refractivity contribution in [1.82, 2.24) is 0 Å². The molecular weight excluding hydrogens is 256 g/mol. The van der Waals surface area contributed by atoms with Gasteiger partial charge in [-0.05, 0) is 10.8 Å². The van der Waals surface area contributed by atoms with E-state index in [1.54, 1.807) is 0 Å². The molecule has 0 amide bonds. The fourth-order valence-electron chi connectivity index (χ4n) is 2.81. The zero-order valence-electron chi connectivity index (χ0n) is 11.3. The first kappa shape index (κ1) is 12.7. The largest absolute Gasteiger partial charge is 0.453 e. The first-order valence-electron chi connectivity index (χ1n) is 6.44. The Morgan fingerprint density at radius 1 is 0.850 bits per heavy atom. The molecule has 0 spiro atoms. The zero-order chi connectivity index (χ0) is 14.3. The van der Waals surface area contributed by atoms with E-state index in [4.69, 9.17) is 9.47 Å². The zero-order valence-corrected chi connectivity index (χ0v) is 11.3. The second-order valence-corrected chi connectivity index (χ2v) is 4.85. The Morgan fingerprint density at radius 2 is 1.30 bits per heavy atom. The van der Waals surface area contributed by atoms with Gasteiger partial charge in [0.25, 0.3) is 0 Å². The Balaban J connectivity index is 2.17. The van der Waals surface area contributed by atoms with Crippen molar-refractivity contribution >= 4 is 22.7 Å². The minimum Gasteiger partial charge on any atom is -0.453 e. The lowest BCUT2D eigenvalue weighted by Gasteiger charge is -2.21. The second-order valence-electron chi connectivity index (χ2n) is 4.85. The molecule has 3 rings (SSSR count). The van der Waals surface area contributed by atoms with Crippen LogP contribution < -0.4 is 0 Å². The number of hydrogen-bond donors (Lipinski definition) is 0. The van der Waals surface area contributed by atoms with E-state index in [1.165, 1.54) is 13.8 Å². The highest BCUT2D eigenvalue weighted by Crippen LogP contribution is 2.47. The maximum absolute atomic E-state index is 11.3. The Morgan fingerprint density at radius 3 is 1.70 bits per heavy atom. The summed E-state index contributed by atoms with van der Waals surface area (Å²) >= 11 is 0. The quantitative estimate of drug-likeness (QED) is 0.787. The van der Waals surface area contributed by atoms with Gasteiger partial charge in [0.05, 0.1) is 0 Å². The number of benzene rings is 2. The van der Waals surface area contributed by atoms with Crippen LogP contribution in [0.4, 0.5) is 0 Å². The molecule has 2 atom stereocenters. The topological polar surface area (TPSA) is 52.6 Å². The van der Waals surface area contributed by atoms with Gasteiger partial charge < -0.3 is 9.47 Å². The number of carbonyl (C=O) groups is 2. The van der Waals surface area contributed by atoms with Crippen molar-refractivity contribution in [1.29, 1.82) is 0 Å². The third kappa shape index (κ3) is 1.93. The standard InChI is InChI=1S/C16H14O4/c1-9(17)19-15-12-7-3-5-11-6-4-8-13(14(11)12)16(15)20-10(2)18/h3-8,15-16H,1-2H3/t15-,16-/m1/s1. The molecule has 0 aliphatic heterocycles. The lowest BCUT2D eigenvalue weighted by Crippen LogP contribution is -2.17. The molecule has 0 heterocycles. The van der Waals surface area contributed by atoms with Crippen LogP contribution in [0.3, 0.4) is 0 Å². The van der Waals surface area contributed by atoms with E-state index >= 15 is 0 Å². The summed E-state index contributed by atoms with van der Waals surface area (Å²) in [6, 6.07) is 11.6. The predicted molar refractivity (Wildman–Crippen MR) is 73.0 cm³/mol. The molecule has 0 fully saturated rings. The molecule has 1 aliphatic carbocycles. The van der Waals surface area contributed by atoms with Gasteiger partial charge in [0.1, 0.15) is 0 Å². The van der Waals surface area contributed by atoms with Crippen LogP contribution in [0.25, 0.3) is 10.8 Å². The molecule has 0 radical (unpaired) electrons. The highest BCUT2D eigenvalue weighted by Gasteiger charge is 2.38. The summed E-state index contributed by atoms with van der Waals surface area (Å²) in [5.74, 6) is -0.783. The minimum atomic E-state index is -0.572. The van der Waals surface area contributed by atoms with Crippen LogP contribution in [0, 0.1) is 0 Å². The van der Waals surface area contributed by atoms with E-state index in [0.29, 0.717) is 0 Å². The van der Waals surface area contributed by atoms with Crippen LogP contribution in [0.1, 0.15) is 37.2 Å². The fourth-order valence-corrected chi connectivity index (χ4v) is 2.81. The van der Waals surface area contributed by atoms with Crippen molar-refractivity contribution < 1.29 is 19.1 Å². The molecule has 102 valence electrons. The maximum Gasteiger partial charge on any atom is 0.303 e. The van der Waals surface area contributed by atoms with Gasteiger partial charge in [0, 0.05) is 25.0 Å². The Labute approximate surface area is 116 Å². The molecule has 0 aromatic heterocycles. The van der Waals surface area contributed by atoms with Gasteiger partial charge in [-0.2, -0.15) is 0 Å². The third-order valence-electron chi connectivity index (χ3n) is 3.44. The molecule has 1 aliphatic rings. The van der Waals surface area contributed by atoms with Crippen molar-refractivity contribution in [3.05, 3.63) is 47.5 Å². The van der Waals surface area contributed by atoms with Crippen LogP contribution >= 0.6 is 0 Å². The van der Waals surface area contributed by atoms with Crippen LogP contribution in [-0.4, -0.2) is 11.9 Å². The molecule has 20 heavy (non-hydrogen) atoms. The van der Waals surface area contributed by atoms with Gasteiger partial charge in [0.15, 0.2) is 12.2 Å². The van der Waals surface area contributed by atoms with Gasteiger partial charge in [-0.15, -0.1) is 0 Å². The molecule has 0 bridgehead atoms. The molecule has 4 nitrogen and oxygen atoms in total. The molecule has 4 heteroatoms. The lowest BCUT2D eigenvalue weighted by molar-refractivity contribution is -0.165. The van der Waals surface area contributed by atoms with Gasteiger partial charge in [0.2, 0.25) is 0 Å². The third-order valence-corrected chi connectivity index (χ3v) is 3.44. The summed E-state index contributed by atoms with van der Waals surface area (Å²) in [7, 11) is 0.